The van der Waals surface area contributed by atoms with E-state index in [1.165, 1.54) is 11.3 Å². The maximum Gasteiger partial charge on any atom is 0.0463 e. The molecule has 0 saturated carbocycles. The summed E-state index contributed by atoms with van der Waals surface area (Å²) in [5.74, 6) is 0. The van der Waals surface area contributed by atoms with Crippen molar-refractivity contribution >= 4 is 60.3 Å². The fourth-order valence-electron chi connectivity index (χ4n) is 4.33. The van der Waals surface area contributed by atoms with Gasteiger partial charge in [0.2, 0.25) is 0 Å². The molecule has 2 nitrogen and oxygen atoms in total. The highest BCUT2D eigenvalue weighted by atomic mass is 79.9. The van der Waals surface area contributed by atoms with Gasteiger partial charge in [0.05, 0.1) is 0 Å². The van der Waals surface area contributed by atoms with Crippen LogP contribution in [-0.4, -0.2) is 0 Å². The Morgan fingerprint density at radius 3 is 1.32 bits per heavy atom. The lowest BCUT2D eigenvalue weighted by Crippen LogP contribution is -2.17. The highest BCUT2D eigenvalue weighted by molar-refractivity contribution is 9.10. The molecule has 0 aromatic heterocycles. The first-order chi connectivity index (χ1) is 18.1. The number of aryl methyl sites for hydroxylation is 1. The summed E-state index contributed by atoms with van der Waals surface area (Å²) >= 11 is 7.14. The van der Waals surface area contributed by atoms with Crippen LogP contribution in [0.15, 0.2) is 130 Å². The van der Waals surface area contributed by atoms with E-state index in [0.29, 0.717) is 0 Å². The maximum absolute atomic E-state index is 3.57. The lowest BCUT2D eigenvalue weighted by molar-refractivity contribution is 0.917. The molecule has 0 N–H and O–H groups in total. The molecule has 1 aliphatic rings. The standard InChI is InChI=1S/C31H26Br2N2.C2H6/c1-23-7-13-27(14-8-23)35(29-17-11-25(33)12-18-29)31-21-19-30(20-22-31)34(26-5-3-2-4-6-26)28-15-9-24(32)10-16-28;1-2/h2-3,5,7-22H,4,6H2,1H3;1-2H3. The predicted octanol–water partition coefficient (Wildman–Crippen LogP) is 11.4. The number of rotatable bonds is 6. The van der Waals surface area contributed by atoms with Crippen molar-refractivity contribution in [3.05, 3.63) is 135 Å². The third-order valence-electron chi connectivity index (χ3n) is 6.11. The van der Waals surface area contributed by atoms with Crippen LogP contribution >= 0.6 is 31.9 Å². The normalized spacial score (nSPS) is 12.3. The second-order valence-electron chi connectivity index (χ2n) is 8.60. The van der Waals surface area contributed by atoms with Gasteiger partial charge < -0.3 is 9.80 Å². The zero-order valence-corrected chi connectivity index (χ0v) is 24.7. The van der Waals surface area contributed by atoms with Crippen molar-refractivity contribution in [2.45, 2.75) is 33.6 Å². The van der Waals surface area contributed by atoms with Crippen LogP contribution in [0.1, 0.15) is 32.3 Å². The minimum absolute atomic E-state index is 1.02. The third-order valence-corrected chi connectivity index (χ3v) is 7.16. The lowest BCUT2D eigenvalue weighted by Gasteiger charge is -2.30. The average molecular weight is 616 g/mol. The third kappa shape index (κ3) is 6.63. The van der Waals surface area contributed by atoms with Crippen LogP contribution < -0.4 is 9.80 Å². The average Bonchev–Trinajstić information content (AvgIpc) is 2.95. The molecule has 0 bridgehead atoms. The Labute approximate surface area is 238 Å². The van der Waals surface area contributed by atoms with Crippen LogP contribution in [0.25, 0.3) is 0 Å². The monoisotopic (exact) mass is 614 g/mol. The molecule has 4 aromatic carbocycles. The SMILES string of the molecule is CC.Cc1ccc(N(c2ccc(Br)cc2)c2ccc(N(C3=CC=CCC3)c3ccc(Br)cc3)cc2)cc1. The second kappa shape index (κ2) is 12.9. The first-order valence-electron chi connectivity index (χ1n) is 12.7. The van der Waals surface area contributed by atoms with E-state index in [0.717, 1.165) is 50.2 Å². The van der Waals surface area contributed by atoms with Crippen LogP contribution in [0.2, 0.25) is 0 Å². The van der Waals surface area contributed by atoms with Crippen LogP contribution in [0, 0.1) is 6.92 Å². The summed E-state index contributed by atoms with van der Waals surface area (Å²) in [6.45, 7) is 6.12. The van der Waals surface area contributed by atoms with Gasteiger partial charge in [0, 0.05) is 43.1 Å². The maximum atomic E-state index is 3.57. The quantitative estimate of drug-likeness (QED) is 0.213. The van der Waals surface area contributed by atoms with Gasteiger partial charge >= 0.3 is 0 Å². The van der Waals surface area contributed by atoms with Crippen LogP contribution in [-0.2, 0) is 0 Å². The van der Waals surface area contributed by atoms with E-state index in [1.807, 2.05) is 13.8 Å². The van der Waals surface area contributed by atoms with Gasteiger partial charge in [0.1, 0.15) is 0 Å². The van der Waals surface area contributed by atoms with Gasteiger partial charge in [-0.05, 0) is 111 Å². The van der Waals surface area contributed by atoms with Gasteiger partial charge in [-0.3, -0.25) is 0 Å². The van der Waals surface area contributed by atoms with Gasteiger partial charge in [-0.1, -0.05) is 75.6 Å². The zero-order chi connectivity index (χ0) is 26.2. The van der Waals surface area contributed by atoms with E-state index in [1.54, 1.807) is 0 Å². The summed E-state index contributed by atoms with van der Waals surface area (Å²) in [4.78, 5) is 4.65. The fraction of sp³-hybridized carbons (Fsp3) is 0.152. The molecule has 4 heteroatoms. The summed E-state index contributed by atoms with van der Waals surface area (Å²) in [5.41, 5.74) is 8.23. The number of halogens is 2. The highest BCUT2D eigenvalue weighted by Crippen LogP contribution is 2.38. The Balaban J connectivity index is 0.00000156. The Hall–Kier alpha value is -3.08. The summed E-state index contributed by atoms with van der Waals surface area (Å²) in [5, 5.41) is 0. The number of anilines is 5. The molecule has 188 valence electrons. The van der Waals surface area contributed by atoms with Gasteiger partial charge in [-0.15, -0.1) is 0 Å². The van der Waals surface area contributed by atoms with Gasteiger partial charge in [0.25, 0.3) is 0 Å². The molecule has 5 rings (SSSR count). The summed E-state index contributed by atoms with van der Waals surface area (Å²) in [6.07, 6.45) is 8.68. The van der Waals surface area contributed by atoms with Crippen LogP contribution in [0.4, 0.5) is 28.4 Å². The Morgan fingerprint density at radius 2 is 0.919 bits per heavy atom. The zero-order valence-electron chi connectivity index (χ0n) is 21.5. The Morgan fingerprint density at radius 1 is 0.541 bits per heavy atom. The minimum Gasteiger partial charge on any atom is -0.314 e. The molecule has 4 aromatic rings. The molecule has 37 heavy (non-hydrogen) atoms. The smallest absolute Gasteiger partial charge is 0.0463 e. The first-order valence-corrected chi connectivity index (χ1v) is 14.3. The molecule has 0 aliphatic heterocycles. The molecule has 1 aliphatic carbocycles. The summed E-state index contributed by atoms with van der Waals surface area (Å²) in [7, 11) is 0. The lowest BCUT2D eigenvalue weighted by atomic mass is 10.1. The Kier molecular flexibility index (Phi) is 9.43. The van der Waals surface area contributed by atoms with Crippen molar-refractivity contribution in [2.24, 2.45) is 0 Å². The van der Waals surface area contributed by atoms with E-state index < -0.39 is 0 Å². The van der Waals surface area contributed by atoms with E-state index in [2.05, 4.69) is 164 Å². The summed E-state index contributed by atoms with van der Waals surface area (Å²) < 4.78 is 2.15. The predicted molar refractivity (Wildman–Crippen MR) is 168 cm³/mol. The second-order valence-corrected chi connectivity index (χ2v) is 10.4. The minimum atomic E-state index is 1.02. The molecular formula is C33H32Br2N2. The van der Waals surface area contributed by atoms with E-state index in [9.17, 15) is 0 Å². The largest absolute Gasteiger partial charge is 0.314 e. The number of hydrogen-bond acceptors (Lipinski definition) is 2. The van der Waals surface area contributed by atoms with E-state index in [-0.39, 0.29) is 0 Å². The van der Waals surface area contributed by atoms with E-state index >= 15 is 0 Å². The van der Waals surface area contributed by atoms with Gasteiger partial charge in [-0.25, -0.2) is 0 Å². The van der Waals surface area contributed by atoms with Gasteiger partial charge in [0.15, 0.2) is 0 Å². The number of allylic oxidation sites excluding steroid dienone is 4. The molecule has 0 saturated heterocycles. The molecular weight excluding hydrogens is 584 g/mol. The van der Waals surface area contributed by atoms with E-state index in [4.69, 9.17) is 0 Å². The topological polar surface area (TPSA) is 6.48 Å². The van der Waals surface area contributed by atoms with Gasteiger partial charge in [-0.2, -0.15) is 0 Å². The van der Waals surface area contributed by atoms with Crippen molar-refractivity contribution in [2.75, 3.05) is 9.80 Å². The molecule has 0 fully saturated rings. The van der Waals surface area contributed by atoms with Crippen molar-refractivity contribution in [3.8, 4) is 0 Å². The Bertz CT molecular complexity index is 1290. The van der Waals surface area contributed by atoms with Crippen molar-refractivity contribution < 1.29 is 0 Å². The van der Waals surface area contributed by atoms with Crippen LogP contribution in [0.3, 0.4) is 0 Å². The molecule has 0 unspecified atom stereocenters. The number of benzene rings is 4. The van der Waals surface area contributed by atoms with Crippen molar-refractivity contribution in [3.63, 3.8) is 0 Å². The van der Waals surface area contributed by atoms with Crippen molar-refractivity contribution in [1.29, 1.82) is 0 Å². The summed E-state index contributed by atoms with van der Waals surface area (Å²) in [6, 6.07) is 34.5. The number of hydrogen-bond donors (Lipinski definition) is 0. The molecule has 0 amide bonds. The number of nitrogens with zero attached hydrogens (tertiary/aromatic N) is 2. The first kappa shape index (κ1) is 27.0. The molecule has 0 heterocycles. The highest BCUT2D eigenvalue weighted by Gasteiger charge is 2.17. The molecule has 0 radical (unpaired) electrons. The van der Waals surface area contributed by atoms with Crippen molar-refractivity contribution in [1.82, 2.24) is 0 Å². The fourth-order valence-corrected chi connectivity index (χ4v) is 4.86. The van der Waals surface area contributed by atoms with Crippen LogP contribution in [0.5, 0.6) is 0 Å². The molecule has 0 atom stereocenters. The molecule has 0 spiro atoms.